The fourth-order valence-corrected chi connectivity index (χ4v) is 3.59. The van der Waals surface area contributed by atoms with Crippen LogP contribution in [-0.2, 0) is 0 Å². The fraction of sp³-hybridized carbons (Fsp3) is 0.533. The standard InChI is InChI=1S/C15H17F2NO/c16-13-4-3-11(7-14(13)17)15(19)18-8-12-6-9-1-2-10(12)5-9/h3-4,7,9-10,12H,1-2,5-6,8H2,(H,18,19). The minimum atomic E-state index is -0.979. The average Bonchev–Trinajstić information content (AvgIpc) is 3.01. The molecular weight excluding hydrogens is 248 g/mol. The minimum absolute atomic E-state index is 0.182. The van der Waals surface area contributed by atoms with Crippen LogP contribution in [-0.4, -0.2) is 12.5 Å². The molecule has 1 amide bonds. The van der Waals surface area contributed by atoms with Crippen LogP contribution in [0.15, 0.2) is 18.2 Å². The predicted molar refractivity (Wildman–Crippen MR) is 67.6 cm³/mol. The number of hydrogen-bond acceptors (Lipinski definition) is 1. The van der Waals surface area contributed by atoms with Gasteiger partial charge in [-0.1, -0.05) is 6.42 Å². The van der Waals surface area contributed by atoms with Crippen LogP contribution in [0.5, 0.6) is 0 Å². The van der Waals surface area contributed by atoms with Crippen LogP contribution in [0.4, 0.5) is 8.78 Å². The molecule has 2 aliphatic carbocycles. The first kappa shape index (κ1) is 12.6. The number of fused-ring (bicyclic) bond motifs is 2. The highest BCUT2D eigenvalue weighted by molar-refractivity contribution is 5.94. The molecule has 3 rings (SSSR count). The van der Waals surface area contributed by atoms with Crippen LogP contribution in [0.3, 0.4) is 0 Å². The van der Waals surface area contributed by atoms with Gasteiger partial charge in [-0.3, -0.25) is 4.79 Å². The number of hydrogen-bond donors (Lipinski definition) is 1. The van der Waals surface area contributed by atoms with E-state index in [0.29, 0.717) is 12.5 Å². The van der Waals surface area contributed by atoms with Crippen LogP contribution in [0.1, 0.15) is 36.0 Å². The van der Waals surface area contributed by atoms with Gasteiger partial charge in [0.15, 0.2) is 11.6 Å². The van der Waals surface area contributed by atoms with Gasteiger partial charge in [0, 0.05) is 12.1 Å². The summed E-state index contributed by atoms with van der Waals surface area (Å²) in [4.78, 5) is 11.9. The number of rotatable bonds is 3. The number of carbonyl (C=O) groups is 1. The van der Waals surface area contributed by atoms with Crippen LogP contribution in [0.25, 0.3) is 0 Å². The van der Waals surface area contributed by atoms with Crippen molar-refractivity contribution in [2.45, 2.75) is 25.7 Å². The molecule has 2 aliphatic rings. The molecular formula is C15H17F2NO. The summed E-state index contributed by atoms with van der Waals surface area (Å²) in [5.41, 5.74) is 0.182. The van der Waals surface area contributed by atoms with Crippen molar-refractivity contribution >= 4 is 5.91 Å². The van der Waals surface area contributed by atoms with Crippen LogP contribution >= 0.6 is 0 Å². The Bertz CT molecular complexity index is 503. The zero-order chi connectivity index (χ0) is 13.4. The summed E-state index contributed by atoms with van der Waals surface area (Å²) >= 11 is 0. The summed E-state index contributed by atoms with van der Waals surface area (Å²) < 4.78 is 25.8. The summed E-state index contributed by atoms with van der Waals surface area (Å²) in [6.07, 6.45) is 5.10. The lowest BCUT2D eigenvalue weighted by Crippen LogP contribution is -2.31. The summed E-state index contributed by atoms with van der Waals surface area (Å²) in [5, 5.41) is 2.84. The molecule has 1 N–H and O–H groups in total. The van der Waals surface area contributed by atoms with Gasteiger partial charge in [0.25, 0.3) is 5.91 Å². The molecule has 1 aromatic carbocycles. The van der Waals surface area contributed by atoms with Crippen molar-refractivity contribution in [1.82, 2.24) is 5.32 Å². The maximum Gasteiger partial charge on any atom is 0.251 e. The number of nitrogens with one attached hydrogen (secondary N) is 1. The molecule has 2 nitrogen and oxygen atoms in total. The molecule has 0 aromatic heterocycles. The molecule has 0 aliphatic heterocycles. The monoisotopic (exact) mass is 265 g/mol. The Labute approximate surface area is 111 Å². The lowest BCUT2D eigenvalue weighted by Gasteiger charge is -2.21. The van der Waals surface area contributed by atoms with Crippen molar-refractivity contribution in [3.8, 4) is 0 Å². The number of amides is 1. The van der Waals surface area contributed by atoms with E-state index in [2.05, 4.69) is 5.32 Å². The number of halogens is 2. The second-order valence-corrected chi connectivity index (χ2v) is 5.77. The quantitative estimate of drug-likeness (QED) is 0.893. The third-order valence-corrected chi connectivity index (χ3v) is 4.59. The zero-order valence-corrected chi connectivity index (χ0v) is 10.7. The van der Waals surface area contributed by atoms with E-state index < -0.39 is 11.6 Å². The van der Waals surface area contributed by atoms with E-state index in [1.807, 2.05) is 0 Å². The first-order valence-corrected chi connectivity index (χ1v) is 6.86. The Kier molecular flexibility index (Phi) is 3.25. The van der Waals surface area contributed by atoms with E-state index in [1.165, 1.54) is 31.7 Å². The number of benzene rings is 1. The molecule has 4 heteroatoms. The Balaban J connectivity index is 1.57. The molecule has 0 radical (unpaired) electrons. The van der Waals surface area contributed by atoms with Crippen molar-refractivity contribution in [2.75, 3.05) is 6.54 Å². The highest BCUT2D eigenvalue weighted by Crippen LogP contribution is 2.47. The molecule has 0 saturated heterocycles. The maximum absolute atomic E-state index is 13.0. The molecule has 2 saturated carbocycles. The molecule has 2 bridgehead atoms. The summed E-state index contributed by atoms with van der Waals surface area (Å²) in [5.74, 6) is -0.0719. The van der Waals surface area contributed by atoms with Gasteiger partial charge in [-0.25, -0.2) is 8.78 Å². The highest BCUT2D eigenvalue weighted by Gasteiger charge is 2.39. The Morgan fingerprint density at radius 1 is 1.21 bits per heavy atom. The smallest absolute Gasteiger partial charge is 0.251 e. The molecule has 102 valence electrons. The van der Waals surface area contributed by atoms with Gasteiger partial charge in [0.2, 0.25) is 0 Å². The normalized spacial score (nSPS) is 28.6. The Morgan fingerprint density at radius 3 is 2.68 bits per heavy atom. The second kappa shape index (κ2) is 4.91. The average molecular weight is 265 g/mol. The van der Waals surface area contributed by atoms with Crippen molar-refractivity contribution in [3.05, 3.63) is 35.4 Å². The van der Waals surface area contributed by atoms with Crippen LogP contribution in [0.2, 0.25) is 0 Å². The Morgan fingerprint density at radius 2 is 2.05 bits per heavy atom. The van der Waals surface area contributed by atoms with E-state index in [1.54, 1.807) is 0 Å². The lowest BCUT2D eigenvalue weighted by molar-refractivity contribution is 0.0941. The van der Waals surface area contributed by atoms with Crippen molar-refractivity contribution in [2.24, 2.45) is 17.8 Å². The molecule has 0 spiro atoms. The highest BCUT2D eigenvalue weighted by atomic mass is 19.2. The van der Waals surface area contributed by atoms with Gasteiger partial charge in [0.1, 0.15) is 0 Å². The summed E-state index contributed by atoms with van der Waals surface area (Å²) in [6, 6.07) is 3.25. The number of carbonyl (C=O) groups excluding carboxylic acids is 1. The lowest BCUT2D eigenvalue weighted by atomic mass is 9.89. The van der Waals surface area contributed by atoms with Gasteiger partial charge in [-0.05, 0) is 55.2 Å². The van der Waals surface area contributed by atoms with Crippen molar-refractivity contribution in [3.63, 3.8) is 0 Å². The molecule has 2 fully saturated rings. The summed E-state index contributed by atoms with van der Waals surface area (Å²) in [6.45, 7) is 0.652. The van der Waals surface area contributed by atoms with Crippen LogP contribution in [0, 0.1) is 29.4 Å². The third-order valence-electron chi connectivity index (χ3n) is 4.59. The SMILES string of the molecule is O=C(NCC1CC2CCC1C2)c1ccc(F)c(F)c1. The second-order valence-electron chi connectivity index (χ2n) is 5.77. The zero-order valence-electron chi connectivity index (χ0n) is 10.7. The molecule has 3 atom stereocenters. The summed E-state index contributed by atoms with van der Waals surface area (Å²) in [7, 11) is 0. The van der Waals surface area contributed by atoms with Gasteiger partial charge in [-0.15, -0.1) is 0 Å². The van der Waals surface area contributed by atoms with Gasteiger partial charge in [-0.2, -0.15) is 0 Å². The fourth-order valence-electron chi connectivity index (χ4n) is 3.59. The predicted octanol–water partition coefficient (Wildman–Crippen LogP) is 3.13. The van der Waals surface area contributed by atoms with Crippen molar-refractivity contribution < 1.29 is 13.6 Å². The maximum atomic E-state index is 13.0. The van der Waals surface area contributed by atoms with E-state index >= 15 is 0 Å². The van der Waals surface area contributed by atoms with Gasteiger partial charge >= 0.3 is 0 Å². The van der Waals surface area contributed by atoms with E-state index in [0.717, 1.165) is 24.0 Å². The van der Waals surface area contributed by atoms with E-state index in [-0.39, 0.29) is 11.5 Å². The molecule has 1 aromatic rings. The third kappa shape index (κ3) is 2.48. The van der Waals surface area contributed by atoms with E-state index in [9.17, 15) is 13.6 Å². The van der Waals surface area contributed by atoms with Crippen LogP contribution < -0.4 is 5.32 Å². The largest absolute Gasteiger partial charge is 0.352 e. The van der Waals surface area contributed by atoms with Crippen molar-refractivity contribution in [1.29, 1.82) is 0 Å². The minimum Gasteiger partial charge on any atom is -0.352 e. The molecule has 19 heavy (non-hydrogen) atoms. The van der Waals surface area contributed by atoms with Gasteiger partial charge in [0.05, 0.1) is 0 Å². The Hall–Kier alpha value is -1.45. The first-order valence-electron chi connectivity index (χ1n) is 6.86. The van der Waals surface area contributed by atoms with Gasteiger partial charge < -0.3 is 5.32 Å². The topological polar surface area (TPSA) is 29.1 Å². The molecule has 3 unspecified atom stereocenters. The first-order chi connectivity index (χ1) is 9.13. The molecule has 0 heterocycles. The van der Waals surface area contributed by atoms with E-state index in [4.69, 9.17) is 0 Å².